The Labute approximate surface area is 72.6 Å². The molecule has 68 valence electrons. The van der Waals surface area contributed by atoms with Gasteiger partial charge in [0.25, 0.3) is 0 Å². The zero-order valence-electron chi connectivity index (χ0n) is 7.49. The molecule has 1 aliphatic rings. The summed E-state index contributed by atoms with van der Waals surface area (Å²) in [6.07, 6.45) is 0. The van der Waals surface area contributed by atoms with Crippen LogP contribution in [0.5, 0.6) is 0 Å². The molecule has 12 heavy (non-hydrogen) atoms. The highest BCUT2D eigenvalue weighted by molar-refractivity contribution is 6.40. The molecule has 1 unspecified atom stereocenters. The minimum absolute atomic E-state index is 0.0513. The van der Waals surface area contributed by atoms with Crippen LogP contribution < -0.4 is 0 Å². The van der Waals surface area contributed by atoms with Gasteiger partial charge >= 0.3 is 7.12 Å². The molecule has 0 saturated carbocycles. The molecular weight excluding hydrogens is 157 g/mol. The molecule has 0 aromatic carbocycles. The van der Waals surface area contributed by atoms with E-state index in [2.05, 4.69) is 0 Å². The summed E-state index contributed by atoms with van der Waals surface area (Å²) in [5.41, 5.74) is 0. The van der Waals surface area contributed by atoms with Crippen LogP contribution in [-0.2, 0) is 9.45 Å². The molecule has 1 atom stereocenters. The molecule has 0 aromatic rings. The number of Topliss-reactive ketones (excluding diaryl/α,β-unsaturated/α-hetero) is 1. The third kappa shape index (κ3) is 2.58. The number of likely N-dealkylation sites (N-methyl/N-ethyl adjacent to an activating group) is 1. The molecule has 1 N–H and O–H groups in total. The van der Waals surface area contributed by atoms with Crippen LogP contribution in [0.4, 0.5) is 0 Å². The van der Waals surface area contributed by atoms with Crippen LogP contribution in [-0.4, -0.2) is 49.6 Å². The molecule has 0 amide bonds. The Bertz CT molecular complexity index is 174. The normalized spacial score (nSPS) is 24.9. The van der Waals surface area contributed by atoms with Crippen molar-refractivity contribution in [2.45, 2.75) is 6.82 Å². The summed E-state index contributed by atoms with van der Waals surface area (Å²) >= 11 is 0. The lowest BCUT2D eigenvalue weighted by Crippen LogP contribution is -2.23. The molecule has 0 aromatic heterocycles. The Morgan fingerprint density at radius 2 is 2.50 bits per heavy atom. The smallest absolute Gasteiger partial charge is 0.427 e. The van der Waals surface area contributed by atoms with Crippen molar-refractivity contribution in [2.24, 2.45) is 5.92 Å². The highest BCUT2D eigenvalue weighted by Gasteiger charge is 2.28. The molecular formula is C7H14BNO3. The van der Waals surface area contributed by atoms with E-state index >= 15 is 0 Å². The molecule has 1 saturated heterocycles. The van der Waals surface area contributed by atoms with Crippen molar-refractivity contribution in [3.05, 3.63) is 0 Å². The third-order valence-corrected chi connectivity index (χ3v) is 1.95. The van der Waals surface area contributed by atoms with E-state index in [-0.39, 0.29) is 11.7 Å². The van der Waals surface area contributed by atoms with Crippen molar-refractivity contribution in [3.8, 4) is 0 Å². The van der Waals surface area contributed by atoms with Crippen LogP contribution in [0.2, 0.25) is 6.82 Å². The highest BCUT2D eigenvalue weighted by atomic mass is 16.5. The first kappa shape index (κ1) is 9.70. The first-order valence-corrected chi connectivity index (χ1v) is 4.10. The van der Waals surface area contributed by atoms with Crippen molar-refractivity contribution in [2.75, 3.05) is 26.7 Å². The van der Waals surface area contributed by atoms with Crippen molar-refractivity contribution < 1.29 is 14.5 Å². The zero-order valence-corrected chi connectivity index (χ0v) is 7.49. The van der Waals surface area contributed by atoms with Crippen LogP contribution in [0.25, 0.3) is 0 Å². The molecule has 0 spiro atoms. The number of likely N-dealkylation sites (tertiary alicyclic amines) is 1. The molecule has 1 rings (SSSR count). The highest BCUT2D eigenvalue weighted by Crippen LogP contribution is 2.10. The van der Waals surface area contributed by atoms with E-state index in [1.165, 1.54) is 0 Å². The average Bonchev–Trinajstić information content (AvgIpc) is 2.26. The van der Waals surface area contributed by atoms with E-state index in [0.717, 1.165) is 6.54 Å². The average molecular weight is 171 g/mol. The van der Waals surface area contributed by atoms with Gasteiger partial charge in [0, 0.05) is 13.2 Å². The maximum Gasteiger partial charge on any atom is 0.450 e. The number of carbonyl (C=O) groups is 1. The molecule has 0 bridgehead atoms. The molecule has 0 aliphatic carbocycles. The van der Waals surface area contributed by atoms with Crippen molar-refractivity contribution in [1.82, 2.24) is 4.90 Å². The molecule has 1 fully saturated rings. The van der Waals surface area contributed by atoms with Crippen LogP contribution >= 0.6 is 0 Å². The van der Waals surface area contributed by atoms with Gasteiger partial charge < -0.3 is 9.68 Å². The van der Waals surface area contributed by atoms with Crippen LogP contribution in [0.1, 0.15) is 0 Å². The summed E-state index contributed by atoms with van der Waals surface area (Å²) in [5, 5.41) is 8.82. The molecule has 0 radical (unpaired) electrons. The summed E-state index contributed by atoms with van der Waals surface area (Å²) in [4.78, 5) is 13.2. The second-order valence-corrected chi connectivity index (χ2v) is 3.29. The van der Waals surface area contributed by atoms with E-state index in [4.69, 9.17) is 9.68 Å². The lowest BCUT2D eigenvalue weighted by atomic mass is 9.96. The van der Waals surface area contributed by atoms with Gasteiger partial charge in [-0.25, -0.2) is 0 Å². The van der Waals surface area contributed by atoms with Crippen molar-refractivity contribution in [1.29, 1.82) is 0 Å². The number of hydrogen-bond donors (Lipinski definition) is 1. The molecule has 1 heterocycles. The van der Waals surface area contributed by atoms with E-state index < -0.39 is 7.12 Å². The summed E-state index contributed by atoms with van der Waals surface area (Å²) in [7, 11) is 1.13. The summed E-state index contributed by atoms with van der Waals surface area (Å²) in [5.74, 6) is 0.155. The van der Waals surface area contributed by atoms with Gasteiger partial charge in [-0.3, -0.25) is 9.69 Å². The quantitative estimate of drug-likeness (QED) is 0.567. The van der Waals surface area contributed by atoms with Crippen molar-refractivity contribution in [3.63, 3.8) is 0 Å². The second kappa shape index (κ2) is 4.02. The summed E-state index contributed by atoms with van der Waals surface area (Å²) in [6, 6.07) is 0. The summed E-state index contributed by atoms with van der Waals surface area (Å²) < 4.78 is 4.95. The fraction of sp³-hybridized carbons (Fsp3) is 0.857. The minimum Gasteiger partial charge on any atom is -0.427 e. The monoisotopic (exact) mass is 171 g/mol. The third-order valence-electron chi connectivity index (χ3n) is 1.95. The minimum atomic E-state index is -0.774. The second-order valence-electron chi connectivity index (χ2n) is 3.29. The first-order chi connectivity index (χ1) is 5.59. The van der Waals surface area contributed by atoms with E-state index in [1.54, 1.807) is 6.82 Å². The number of rotatable bonds is 3. The predicted octanol–water partition coefficient (Wildman–Crippen LogP) is -0.756. The van der Waals surface area contributed by atoms with E-state index in [1.807, 2.05) is 11.9 Å². The number of ketones is 1. The molecule has 1 aliphatic heterocycles. The Kier molecular flexibility index (Phi) is 3.25. The maximum absolute atomic E-state index is 11.2. The summed E-state index contributed by atoms with van der Waals surface area (Å²) in [6.45, 7) is 3.13. The number of nitrogens with zero attached hydrogens (tertiary/aromatic N) is 1. The zero-order chi connectivity index (χ0) is 9.14. The predicted molar refractivity (Wildman–Crippen MR) is 45.8 cm³/mol. The van der Waals surface area contributed by atoms with Gasteiger partial charge in [-0.2, -0.15) is 0 Å². The molecule has 4 nitrogen and oxygen atoms in total. The van der Waals surface area contributed by atoms with Gasteiger partial charge in [0.2, 0.25) is 0 Å². The Balaban J connectivity index is 2.28. The van der Waals surface area contributed by atoms with Gasteiger partial charge in [-0.15, -0.1) is 0 Å². The van der Waals surface area contributed by atoms with Crippen LogP contribution in [0.3, 0.4) is 0 Å². The van der Waals surface area contributed by atoms with Gasteiger partial charge in [-0.1, -0.05) is 0 Å². The standard InChI is InChI=1S/C7H14BNO3/c1-8(11)12-5-6-3-9(2)4-7(6)10/h6,11H,3-5H2,1-2H3. The number of carbonyl (C=O) groups excluding carboxylic acids is 1. The fourth-order valence-corrected chi connectivity index (χ4v) is 1.34. The van der Waals surface area contributed by atoms with Crippen molar-refractivity contribution >= 4 is 12.9 Å². The van der Waals surface area contributed by atoms with E-state index in [0.29, 0.717) is 13.2 Å². The van der Waals surface area contributed by atoms with E-state index in [9.17, 15) is 4.79 Å². The maximum atomic E-state index is 11.2. The first-order valence-electron chi connectivity index (χ1n) is 4.10. The van der Waals surface area contributed by atoms with Gasteiger partial charge in [0.05, 0.1) is 12.5 Å². The lowest BCUT2D eigenvalue weighted by Gasteiger charge is -2.09. The largest absolute Gasteiger partial charge is 0.450 e. The topological polar surface area (TPSA) is 49.8 Å². The Morgan fingerprint density at radius 1 is 1.83 bits per heavy atom. The lowest BCUT2D eigenvalue weighted by molar-refractivity contribution is -0.120. The Morgan fingerprint density at radius 3 is 2.92 bits per heavy atom. The Hall–Kier alpha value is -0.385. The van der Waals surface area contributed by atoms with Gasteiger partial charge in [0.15, 0.2) is 5.78 Å². The SMILES string of the molecule is CB(O)OCC1CN(C)CC1=O. The van der Waals surface area contributed by atoms with Gasteiger partial charge in [-0.05, 0) is 13.9 Å². The fourth-order valence-electron chi connectivity index (χ4n) is 1.34. The van der Waals surface area contributed by atoms with Crippen LogP contribution in [0.15, 0.2) is 0 Å². The van der Waals surface area contributed by atoms with Crippen LogP contribution in [0, 0.1) is 5.92 Å². The molecule has 5 heteroatoms. The number of hydrogen-bond acceptors (Lipinski definition) is 4. The van der Waals surface area contributed by atoms with Gasteiger partial charge in [0.1, 0.15) is 0 Å².